The van der Waals surface area contributed by atoms with Gasteiger partial charge in [-0.05, 0) is 56.8 Å². The van der Waals surface area contributed by atoms with Crippen LogP contribution in [0.2, 0.25) is 5.02 Å². The number of nitrogens with zero attached hydrogens (tertiary/aromatic N) is 6. The second-order valence-electron chi connectivity index (χ2n) is 11.4. The number of aromatic nitrogens is 1. The molecule has 2 atom stereocenters. The molecule has 0 amide bonds. The van der Waals surface area contributed by atoms with Crippen LogP contribution in [0.15, 0.2) is 36.4 Å². The highest BCUT2D eigenvalue weighted by Crippen LogP contribution is 2.40. The van der Waals surface area contributed by atoms with Crippen molar-refractivity contribution in [1.82, 2.24) is 15.2 Å². The van der Waals surface area contributed by atoms with Gasteiger partial charge >= 0.3 is 0 Å². The molecular weight excluding hydrogens is 534 g/mol. The molecule has 8 nitrogen and oxygen atoms in total. The van der Waals surface area contributed by atoms with Gasteiger partial charge in [0.1, 0.15) is 24.1 Å². The molecule has 0 radical (unpaired) electrons. The number of nitrogens with one attached hydrogen (secondary N) is 1. The lowest BCUT2D eigenvalue weighted by molar-refractivity contribution is 0.192. The average Bonchev–Trinajstić information content (AvgIpc) is 3.42. The minimum absolute atomic E-state index is 0.228. The van der Waals surface area contributed by atoms with Crippen LogP contribution in [0.4, 0.5) is 11.5 Å². The molecule has 2 aromatic carbocycles. The summed E-state index contributed by atoms with van der Waals surface area (Å²) in [6.07, 6.45) is 4.34. The van der Waals surface area contributed by atoms with E-state index in [2.05, 4.69) is 63.5 Å². The van der Waals surface area contributed by atoms with E-state index in [1.807, 2.05) is 12.1 Å². The molecule has 1 aromatic heterocycles. The predicted molar refractivity (Wildman–Crippen MR) is 163 cm³/mol. The molecule has 0 saturated carbocycles. The number of ether oxygens (including phenoxy) is 1. The van der Waals surface area contributed by atoms with Crippen LogP contribution in [0.3, 0.4) is 0 Å². The molecule has 0 spiro atoms. The fourth-order valence-corrected chi connectivity index (χ4v) is 6.91. The number of anilines is 2. The fraction of sp³-hybridized carbons (Fsp3) is 0.469. The monoisotopic (exact) mass is 569 g/mol. The number of likely N-dealkylation sites (tertiary alicyclic amines) is 1. The summed E-state index contributed by atoms with van der Waals surface area (Å²) in [7, 11) is 2.13. The summed E-state index contributed by atoms with van der Waals surface area (Å²) in [6.45, 7) is 5.40. The first-order valence-corrected chi connectivity index (χ1v) is 15.0. The third-order valence-corrected chi connectivity index (χ3v) is 9.18. The first-order valence-electron chi connectivity index (χ1n) is 14.6. The largest absolute Gasteiger partial charge is 0.475 e. The Morgan fingerprint density at radius 1 is 1.10 bits per heavy atom. The summed E-state index contributed by atoms with van der Waals surface area (Å²) >= 11 is 6.71. The summed E-state index contributed by atoms with van der Waals surface area (Å²) in [6, 6.07) is 17.6. The van der Waals surface area contributed by atoms with Crippen LogP contribution in [0.25, 0.3) is 10.8 Å². The molecule has 1 N–H and O–H groups in total. The maximum atomic E-state index is 10.5. The lowest BCUT2D eigenvalue weighted by Gasteiger charge is -2.39. The van der Waals surface area contributed by atoms with Crippen molar-refractivity contribution in [3.05, 3.63) is 58.1 Å². The van der Waals surface area contributed by atoms with E-state index in [1.165, 1.54) is 0 Å². The third kappa shape index (κ3) is 5.53. The maximum absolute atomic E-state index is 10.5. The number of piperazine rings is 1. The number of benzene rings is 2. The Hall–Kier alpha value is -3.56. The molecule has 3 aromatic rings. The van der Waals surface area contributed by atoms with Gasteiger partial charge < -0.3 is 24.8 Å². The smallest absolute Gasteiger partial charge is 0.234 e. The number of hydrogen-bond donors (Lipinski definition) is 1. The van der Waals surface area contributed by atoms with Gasteiger partial charge in [0, 0.05) is 73.4 Å². The molecule has 2 fully saturated rings. The summed E-state index contributed by atoms with van der Waals surface area (Å²) in [5, 5.41) is 26.0. The van der Waals surface area contributed by atoms with Crippen molar-refractivity contribution in [2.24, 2.45) is 0 Å². The second kappa shape index (κ2) is 12.1. The molecule has 3 aliphatic heterocycles. The molecule has 0 bridgehead atoms. The summed E-state index contributed by atoms with van der Waals surface area (Å²) < 4.78 is 6.40. The summed E-state index contributed by atoms with van der Waals surface area (Å²) in [4.78, 5) is 12.1. The van der Waals surface area contributed by atoms with Gasteiger partial charge in [-0.2, -0.15) is 15.5 Å². The van der Waals surface area contributed by atoms with Crippen molar-refractivity contribution in [3.63, 3.8) is 0 Å². The van der Waals surface area contributed by atoms with Crippen molar-refractivity contribution >= 4 is 33.9 Å². The average molecular weight is 570 g/mol. The van der Waals surface area contributed by atoms with E-state index in [0.717, 1.165) is 96.8 Å². The first-order chi connectivity index (χ1) is 20.1. The van der Waals surface area contributed by atoms with Crippen LogP contribution in [0, 0.1) is 22.7 Å². The Labute approximate surface area is 247 Å². The molecular formula is C32H36ClN7O. The molecule has 4 heterocycles. The van der Waals surface area contributed by atoms with Gasteiger partial charge in [-0.25, -0.2) is 0 Å². The van der Waals surface area contributed by atoms with Crippen molar-refractivity contribution in [1.29, 1.82) is 10.5 Å². The highest BCUT2D eigenvalue weighted by molar-refractivity contribution is 6.36. The highest BCUT2D eigenvalue weighted by Gasteiger charge is 2.32. The minimum Gasteiger partial charge on any atom is -0.475 e. The van der Waals surface area contributed by atoms with Crippen molar-refractivity contribution in [3.8, 4) is 18.0 Å². The number of nitriles is 2. The Bertz CT molecular complexity index is 1510. The topological polar surface area (TPSA) is 91.5 Å². The van der Waals surface area contributed by atoms with E-state index < -0.39 is 0 Å². The van der Waals surface area contributed by atoms with E-state index in [9.17, 15) is 5.26 Å². The minimum atomic E-state index is 0.228. The third-order valence-electron chi connectivity index (χ3n) is 8.87. The zero-order valence-corrected chi connectivity index (χ0v) is 24.3. The number of likely N-dealkylation sites (N-methyl/N-ethyl adjacent to an activating group) is 1. The summed E-state index contributed by atoms with van der Waals surface area (Å²) in [5.74, 6) is 1.36. The number of pyridine rings is 1. The predicted octanol–water partition coefficient (Wildman–Crippen LogP) is 4.88. The Balaban J connectivity index is 1.39. The number of rotatable bonds is 7. The molecule has 2 saturated heterocycles. The number of hydrogen-bond acceptors (Lipinski definition) is 8. The van der Waals surface area contributed by atoms with Crippen LogP contribution >= 0.6 is 11.6 Å². The van der Waals surface area contributed by atoms with Gasteiger partial charge in [-0.1, -0.05) is 35.9 Å². The first kappa shape index (κ1) is 27.6. The van der Waals surface area contributed by atoms with Gasteiger partial charge in [0.25, 0.3) is 0 Å². The number of fused-ring (bicyclic) bond motifs is 2. The standard InChI is InChI=1S/C32H36ClN7O/c1-38-15-5-9-24(38)21-41-32-26(18-35)27-20-39(29-11-3-7-22-6-2-10-28(33)30(22)29)16-12-25(27)31(37-32)40-17-14-36-23(19-40)8-4-13-34/h2-3,6-7,10-11,23-24,36H,4-5,8-9,12,14-17,19-21H2,1H3/t23?,24-/m0/s1. The van der Waals surface area contributed by atoms with Crippen molar-refractivity contribution in [2.45, 2.75) is 50.7 Å². The maximum Gasteiger partial charge on any atom is 0.234 e. The van der Waals surface area contributed by atoms with Crippen molar-refractivity contribution in [2.75, 3.05) is 56.2 Å². The Morgan fingerprint density at radius 2 is 1.95 bits per heavy atom. The van der Waals surface area contributed by atoms with E-state index in [1.54, 1.807) is 0 Å². The van der Waals surface area contributed by atoms with Gasteiger partial charge in [0.2, 0.25) is 5.88 Å². The summed E-state index contributed by atoms with van der Waals surface area (Å²) in [5.41, 5.74) is 3.75. The van der Waals surface area contributed by atoms with E-state index in [-0.39, 0.29) is 6.04 Å². The molecule has 9 heteroatoms. The van der Waals surface area contributed by atoms with Crippen LogP contribution in [0.5, 0.6) is 5.88 Å². The van der Waals surface area contributed by atoms with Gasteiger partial charge in [-0.3, -0.25) is 0 Å². The van der Waals surface area contributed by atoms with Gasteiger partial charge in [-0.15, -0.1) is 0 Å². The fourth-order valence-electron chi connectivity index (χ4n) is 6.63. The van der Waals surface area contributed by atoms with Gasteiger partial charge in [0.15, 0.2) is 0 Å². The Kier molecular flexibility index (Phi) is 8.16. The normalized spacial score (nSPS) is 21.0. The van der Waals surface area contributed by atoms with Crippen LogP contribution in [-0.4, -0.2) is 68.3 Å². The second-order valence-corrected chi connectivity index (χ2v) is 11.8. The lowest BCUT2D eigenvalue weighted by Crippen LogP contribution is -2.51. The van der Waals surface area contributed by atoms with Gasteiger partial charge in [0.05, 0.1) is 11.1 Å². The van der Waals surface area contributed by atoms with Crippen LogP contribution in [0.1, 0.15) is 42.4 Å². The van der Waals surface area contributed by atoms with E-state index in [0.29, 0.717) is 37.1 Å². The lowest BCUT2D eigenvalue weighted by atomic mass is 9.94. The van der Waals surface area contributed by atoms with E-state index >= 15 is 0 Å². The number of halogens is 1. The van der Waals surface area contributed by atoms with E-state index in [4.69, 9.17) is 26.6 Å². The zero-order chi connectivity index (χ0) is 28.3. The van der Waals surface area contributed by atoms with Crippen molar-refractivity contribution < 1.29 is 4.74 Å². The van der Waals surface area contributed by atoms with Crippen LogP contribution < -0.4 is 19.9 Å². The zero-order valence-electron chi connectivity index (χ0n) is 23.6. The molecule has 212 valence electrons. The molecule has 3 aliphatic rings. The highest BCUT2D eigenvalue weighted by atomic mass is 35.5. The quantitative estimate of drug-likeness (QED) is 0.430. The van der Waals surface area contributed by atoms with Crippen LogP contribution in [-0.2, 0) is 13.0 Å². The molecule has 41 heavy (non-hydrogen) atoms. The molecule has 6 rings (SSSR count). The SMILES string of the molecule is CN1CCC[C@H]1COc1nc(N2CCNC(CCC#N)C2)c2c(c1C#N)CN(c1cccc3cccc(Cl)c13)CC2. The Morgan fingerprint density at radius 3 is 2.73 bits per heavy atom. The molecule has 1 unspecified atom stereocenters. The molecule has 0 aliphatic carbocycles.